The van der Waals surface area contributed by atoms with Crippen LogP contribution in [-0.4, -0.2) is 62.6 Å². The summed E-state index contributed by atoms with van der Waals surface area (Å²) in [6.45, 7) is 0.920. The summed E-state index contributed by atoms with van der Waals surface area (Å²) in [6.07, 6.45) is 0.558. The zero-order valence-corrected chi connectivity index (χ0v) is 14.4. The highest BCUT2D eigenvalue weighted by molar-refractivity contribution is 7.92. The molecule has 24 heavy (non-hydrogen) atoms. The van der Waals surface area contributed by atoms with Gasteiger partial charge in [-0.25, -0.2) is 12.8 Å². The summed E-state index contributed by atoms with van der Waals surface area (Å²) in [5, 5.41) is 2.21. The molecular weight excluding hydrogens is 359 g/mol. The Balaban J connectivity index is 1.69. The predicted molar refractivity (Wildman–Crippen MR) is 88.4 cm³/mol. The van der Waals surface area contributed by atoms with Crippen LogP contribution in [0.1, 0.15) is 6.42 Å². The van der Waals surface area contributed by atoms with Crippen molar-refractivity contribution in [3.05, 3.63) is 29.0 Å². The SMILES string of the molecule is O=C(CN1CCS(=O)(=O)[C@H]2COCC[C@H]21)Nc1cc(Cl)ccc1F. The fourth-order valence-electron chi connectivity index (χ4n) is 3.19. The summed E-state index contributed by atoms with van der Waals surface area (Å²) in [5.74, 6) is -0.977. The van der Waals surface area contributed by atoms with Crippen LogP contribution in [0.15, 0.2) is 18.2 Å². The van der Waals surface area contributed by atoms with E-state index in [1.54, 1.807) is 0 Å². The van der Waals surface area contributed by atoms with Gasteiger partial charge in [-0.1, -0.05) is 11.6 Å². The van der Waals surface area contributed by atoms with Gasteiger partial charge >= 0.3 is 0 Å². The first-order chi connectivity index (χ1) is 11.4. The van der Waals surface area contributed by atoms with E-state index in [4.69, 9.17) is 16.3 Å². The summed E-state index contributed by atoms with van der Waals surface area (Å²) in [7, 11) is -3.20. The number of carbonyl (C=O) groups is 1. The van der Waals surface area contributed by atoms with Crippen molar-refractivity contribution in [2.75, 3.05) is 37.4 Å². The fraction of sp³-hybridized carbons (Fsp3) is 0.533. The number of hydrogen-bond donors (Lipinski definition) is 1. The Hall–Kier alpha value is -1.22. The number of nitrogens with zero attached hydrogens (tertiary/aromatic N) is 1. The number of anilines is 1. The van der Waals surface area contributed by atoms with E-state index in [0.717, 1.165) is 0 Å². The monoisotopic (exact) mass is 376 g/mol. The largest absolute Gasteiger partial charge is 0.380 e. The smallest absolute Gasteiger partial charge is 0.238 e. The van der Waals surface area contributed by atoms with Crippen LogP contribution in [0.2, 0.25) is 5.02 Å². The molecule has 1 N–H and O–H groups in total. The Kier molecular flexibility index (Phi) is 5.10. The Morgan fingerprint density at radius 3 is 3.04 bits per heavy atom. The van der Waals surface area contributed by atoms with Crippen LogP contribution in [0.25, 0.3) is 0 Å². The second-order valence-electron chi connectivity index (χ2n) is 5.98. The van der Waals surface area contributed by atoms with E-state index in [1.165, 1.54) is 18.2 Å². The molecule has 3 rings (SSSR count). The topological polar surface area (TPSA) is 75.7 Å². The molecule has 1 amide bonds. The molecule has 2 heterocycles. The maximum atomic E-state index is 13.7. The van der Waals surface area contributed by atoms with Gasteiger partial charge in [0, 0.05) is 24.2 Å². The van der Waals surface area contributed by atoms with Gasteiger partial charge in [0.05, 0.1) is 24.6 Å². The average Bonchev–Trinajstić information content (AvgIpc) is 2.54. The number of sulfone groups is 1. The van der Waals surface area contributed by atoms with Gasteiger partial charge < -0.3 is 10.1 Å². The number of amides is 1. The fourth-order valence-corrected chi connectivity index (χ4v) is 5.24. The second-order valence-corrected chi connectivity index (χ2v) is 8.76. The molecule has 132 valence electrons. The van der Waals surface area contributed by atoms with Crippen molar-refractivity contribution in [1.29, 1.82) is 0 Å². The molecule has 0 bridgehead atoms. The summed E-state index contributed by atoms with van der Waals surface area (Å²) in [5.41, 5.74) is 0.0145. The quantitative estimate of drug-likeness (QED) is 0.860. The van der Waals surface area contributed by atoms with Crippen LogP contribution >= 0.6 is 11.6 Å². The number of nitrogens with one attached hydrogen (secondary N) is 1. The van der Waals surface area contributed by atoms with E-state index in [1.807, 2.05) is 4.90 Å². The molecule has 0 saturated carbocycles. The van der Waals surface area contributed by atoms with Crippen molar-refractivity contribution in [3.8, 4) is 0 Å². The highest BCUT2D eigenvalue weighted by Gasteiger charge is 2.43. The molecule has 2 atom stereocenters. The maximum Gasteiger partial charge on any atom is 0.238 e. The van der Waals surface area contributed by atoms with Crippen LogP contribution < -0.4 is 5.32 Å². The van der Waals surface area contributed by atoms with Crippen molar-refractivity contribution < 1.29 is 22.3 Å². The number of hydrogen-bond acceptors (Lipinski definition) is 5. The van der Waals surface area contributed by atoms with Crippen LogP contribution in [0.4, 0.5) is 10.1 Å². The molecular formula is C15H18ClFN2O4S. The van der Waals surface area contributed by atoms with Crippen molar-refractivity contribution >= 4 is 33.0 Å². The van der Waals surface area contributed by atoms with E-state index in [2.05, 4.69) is 5.32 Å². The lowest BCUT2D eigenvalue weighted by Crippen LogP contribution is -2.59. The second kappa shape index (κ2) is 6.95. The molecule has 2 aliphatic heterocycles. The van der Waals surface area contributed by atoms with E-state index in [-0.39, 0.29) is 37.2 Å². The Bertz CT molecular complexity index is 743. The average molecular weight is 377 g/mol. The maximum absolute atomic E-state index is 13.7. The first-order valence-electron chi connectivity index (χ1n) is 7.65. The lowest BCUT2D eigenvalue weighted by Gasteiger charge is -2.42. The lowest BCUT2D eigenvalue weighted by atomic mass is 10.1. The zero-order chi connectivity index (χ0) is 17.3. The van der Waals surface area contributed by atoms with Crippen LogP contribution in [-0.2, 0) is 19.4 Å². The van der Waals surface area contributed by atoms with Crippen molar-refractivity contribution in [1.82, 2.24) is 4.90 Å². The van der Waals surface area contributed by atoms with Gasteiger partial charge in [-0.05, 0) is 24.6 Å². The molecule has 0 aliphatic carbocycles. The van der Waals surface area contributed by atoms with Crippen LogP contribution in [0, 0.1) is 5.82 Å². The van der Waals surface area contributed by atoms with Crippen LogP contribution in [0.3, 0.4) is 0 Å². The molecule has 0 spiro atoms. The number of carbonyl (C=O) groups excluding carboxylic acids is 1. The lowest BCUT2D eigenvalue weighted by molar-refractivity contribution is -0.118. The first kappa shape index (κ1) is 17.6. The molecule has 1 aromatic carbocycles. The van der Waals surface area contributed by atoms with Crippen molar-refractivity contribution in [2.24, 2.45) is 0 Å². The first-order valence-corrected chi connectivity index (χ1v) is 9.74. The molecule has 0 unspecified atom stereocenters. The van der Waals surface area contributed by atoms with Crippen LogP contribution in [0.5, 0.6) is 0 Å². The molecule has 2 fully saturated rings. The van der Waals surface area contributed by atoms with Gasteiger partial charge in [0.2, 0.25) is 5.91 Å². The summed E-state index contributed by atoms with van der Waals surface area (Å²) in [4.78, 5) is 14.1. The molecule has 0 radical (unpaired) electrons. The summed E-state index contributed by atoms with van der Waals surface area (Å²) in [6, 6.07) is 3.67. The number of halogens is 2. The van der Waals surface area contributed by atoms with Gasteiger partial charge in [-0.2, -0.15) is 0 Å². The highest BCUT2D eigenvalue weighted by Crippen LogP contribution is 2.26. The number of rotatable bonds is 3. The molecule has 1 aromatic rings. The summed E-state index contributed by atoms with van der Waals surface area (Å²) >= 11 is 5.81. The van der Waals surface area contributed by atoms with Gasteiger partial charge in [-0.15, -0.1) is 0 Å². The summed E-state index contributed by atoms with van der Waals surface area (Å²) < 4.78 is 43.3. The normalized spacial score (nSPS) is 26.6. The number of benzene rings is 1. The molecule has 2 aliphatic rings. The zero-order valence-electron chi connectivity index (χ0n) is 12.9. The van der Waals surface area contributed by atoms with Gasteiger partial charge in [0.25, 0.3) is 0 Å². The minimum Gasteiger partial charge on any atom is -0.380 e. The molecule has 9 heteroatoms. The van der Waals surface area contributed by atoms with E-state index >= 15 is 0 Å². The Morgan fingerprint density at radius 2 is 2.25 bits per heavy atom. The van der Waals surface area contributed by atoms with E-state index in [9.17, 15) is 17.6 Å². The van der Waals surface area contributed by atoms with E-state index in [0.29, 0.717) is 18.1 Å². The highest BCUT2D eigenvalue weighted by atomic mass is 35.5. The molecule has 6 nitrogen and oxygen atoms in total. The molecule has 2 saturated heterocycles. The third-order valence-electron chi connectivity index (χ3n) is 4.41. The van der Waals surface area contributed by atoms with Gasteiger partial charge in [-0.3, -0.25) is 9.69 Å². The van der Waals surface area contributed by atoms with Crippen molar-refractivity contribution in [3.63, 3.8) is 0 Å². The third kappa shape index (κ3) is 3.72. The number of fused-ring (bicyclic) bond motifs is 1. The third-order valence-corrected chi connectivity index (χ3v) is 6.77. The minimum atomic E-state index is -3.20. The standard InChI is InChI=1S/C15H18ClFN2O4S/c16-10-1-2-11(17)12(7-10)18-15(20)8-19-4-6-24(21,22)14-9-23-5-3-13(14)19/h1-2,7,13-14H,3-6,8-9H2,(H,18,20)/t13-,14+/m1/s1. The predicted octanol–water partition coefficient (Wildman–Crippen LogP) is 1.31. The van der Waals surface area contributed by atoms with Gasteiger partial charge in [0.1, 0.15) is 11.1 Å². The molecule has 0 aromatic heterocycles. The number of ether oxygens (including phenoxy) is 1. The van der Waals surface area contributed by atoms with Crippen molar-refractivity contribution in [2.45, 2.75) is 17.7 Å². The minimum absolute atomic E-state index is 0.00262. The Labute approximate surface area is 144 Å². The van der Waals surface area contributed by atoms with Gasteiger partial charge in [0.15, 0.2) is 9.84 Å². The van der Waals surface area contributed by atoms with E-state index < -0.39 is 26.8 Å². The Morgan fingerprint density at radius 1 is 1.46 bits per heavy atom.